The van der Waals surface area contributed by atoms with E-state index in [1.54, 1.807) is 11.3 Å². The Balaban J connectivity index is 2.29. The molecule has 3 N–H and O–H groups in total. The predicted molar refractivity (Wildman–Crippen MR) is 80.4 cm³/mol. The smallest absolute Gasteiger partial charge is 0.145 e. The molecular formula is C13H19N5S. The first-order valence-corrected chi connectivity index (χ1v) is 7.14. The number of hydrazine groups is 1. The van der Waals surface area contributed by atoms with Crippen LogP contribution in [-0.4, -0.2) is 17.0 Å². The van der Waals surface area contributed by atoms with E-state index in [4.69, 9.17) is 5.84 Å². The van der Waals surface area contributed by atoms with Crippen molar-refractivity contribution in [3.63, 3.8) is 0 Å². The van der Waals surface area contributed by atoms with Crippen LogP contribution in [0.1, 0.15) is 30.6 Å². The number of nitrogen functional groups attached to an aromatic ring is 1. The summed E-state index contributed by atoms with van der Waals surface area (Å²) in [7, 11) is 2.03. The van der Waals surface area contributed by atoms with Gasteiger partial charge in [0.1, 0.15) is 17.5 Å². The van der Waals surface area contributed by atoms with Crippen molar-refractivity contribution >= 4 is 23.0 Å². The number of hydrogen-bond acceptors (Lipinski definition) is 6. The molecule has 2 heterocycles. The number of nitrogens with two attached hydrogens (primary N) is 1. The SMILES string of the molecule is CCc1nc(NN)cc(N(C)C(C)c2cccs2)n1. The third-order valence-corrected chi connectivity index (χ3v) is 4.16. The van der Waals surface area contributed by atoms with Gasteiger partial charge in [0.05, 0.1) is 6.04 Å². The van der Waals surface area contributed by atoms with Crippen LogP contribution in [0, 0.1) is 0 Å². The largest absolute Gasteiger partial charge is 0.352 e. The Hall–Kier alpha value is -1.66. The average molecular weight is 277 g/mol. The summed E-state index contributed by atoms with van der Waals surface area (Å²) in [6, 6.07) is 6.33. The molecule has 0 aliphatic carbocycles. The van der Waals surface area contributed by atoms with Crippen LogP contribution >= 0.6 is 11.3 Å². The van der Waals surface area contributed by atoms with Gasteiger partial charge in [0.15, 0.2) is 0 Å². The Kier molecular flexibility index (Phi) is 4.34. The molecule has 0 amide bonds. The molecule has 2 rings (SSSR count). The van der Waals surface area contributed by atoms with E-state index in [1.807, 2.05) is 20.0 Å². The number of nitrogens with one attached hydrogen (secondary N) is 1. The highest BCUT2D eigenvalue weighted by Gasteiger charge is 2.15. The minimum atomic E-state index is 0.269. The van der Waals surface area contributed by atoms with Gasteiger partial charge in [-0.1, -0.05) is 13.0 Å². The number of anilines is 2. The zero-order chi connectivity index (χ0) is 13.8. The van der Waals surface area contributed by atoms with Gasteiger partial charge in [0.25, 0.3) is 0 Å². The summed E-state index contributed by atoms with van der Waals surface area (Å²) in [4.78, 5) is 12.3. The molecule has 0 spiro atoms. The van der Waals surface area contributed by atoms with Crippen LogP contribution in [-0.2, 0) is 6.42 Å². The minimum Gasteiger partial charge on any atom is -0.352 e. The molecule has 0 aliphatic rings. The highest BCUT2D eigenvalue weighted by molar-refractivity contribution is 7.10. The summed E-state index contributed by atoms with van der Waals surface area (Å²) in [6.07, 6.45) is 0.781. The molecule has 0 aliphatic heterocycles. The maximum Gasteiger partial charge on any atom is 0.145 e. The molecule has 5 nitrogen and oxygen atoms in total. The maximum absolute atomic E-state index is 5.46. The Morgan fingerprint density at radius 1 is 1.47 bits per heavy atom. The maximum atomic E-state index is 5.46. The third kappa shape index (κ3) is 3.02. The molecule has 102 valence electrons. The van der Waals surface area contributed by atoms with Crippen molar-refractivity contribution in [1.82, 2.24) is 9.97 Å². The lowest BCUT2D eigenvalue weighted by atomic mass is 10.2. The van der Waals surface area contributed by atoms with Crippen LogP contribution in [0.4, 0.5) is 11.6 Å². The Morgan fingerprint density at radius 3 is 2.84 bits per heavy atom. The monoisotopic (exact) mass is 277 g/mol. The topological polar surface area (TPSA) is 67.1 Å². The van der Waals surface area contributed by atoms with Gasteiger partial charge in [-0.2, -0.15) is 0 Å². The van der Waals surface area contributed by atoms with Gasteiger partial charge in [0.2, 0.25) is 0 Å². The second kappa shape index (κ2) is 5.99. The van der Waals surface area contributed by atoms with Crippen molar-refractivity contribution in [2.75, 3.05) is 17.4 Å². The quantitative estimate of drug-likeness (QED) is 0.649. The zero-order valence-corrected chi connectivity index (χ0v) is 12.2. The molecule has 1 atom stereocenters. The van der Waals surface area contributed by atoms with Crippen LogP contribution in [0.3, 0.4) is 0 Å². The fourth-order valence-electron chi connectivity index (χ4n) is 1.81. The molecular weight excluding hydrogens is 258 g/mol. The Bertz CT molecular complexity index is 504. The molecule has 0 bridgehead atoms. The number of nitrogens with zero attached hydrogens (tertiary/aromatic N) is 3. The predicted octanol–water partition coefficient (Wildman–Crippen LogP) is 2.58. The summed E-state index contributed by atoms with van der Waals surface area (Å²) in [5.74, 6) is 7.77. The second-order valence-electron chi connectivity index (χ2n) is 4.33. The minimum absolute atomic E-state index is 0.269. The van der Waals surface area contributed by atoms with Crippen molar-refractivity contribution in [3.05, 3.63) is 34.3 Å². The third-order valence-electron chi connectivity index (χ3n) is 3.12. The molecule has 0 fully saturated rings. The van der Waals surface area contributed by atoms with E-state index in [1.165, 1.54) is 4.88 Å². The van der Waals surface area contributed by atoms with Gasteiger partial charge in [0, 0.05) is 24.4 Å². The van der Waals surface area contributed by atoms with Gasteiger partial charge in [-0.25, -0.2) is 15.8 Å². The van der Waals surface area contributed by atoms with Crippen LogP contribution < -0.4 is 16.2 Å². The van der Waals surface area contributed by atoms with Crippen molar-refractivity contribution in [3.8, 4) is 0 Å². The van der Waals surface area contributed by atoms with Crippen molar-refractivity contribution in [1.29, 1.82) is 0 Å². The van der Waals surface area contributed by atoms with Crippen LogP contribution in [0.5, 0.6) is 0 Å². The van der Waals surface area contributed by atoms with Crippen LogP contribution in [0.15, 0.2) is 23.6 Å². The molecule has 2 aromatic heterocycles. The lowest BCUT2D eigenvalue weighted by molar-refractivity contribution is 0.734. The Labute approximate surface area is 117 Å². The van der Waals surface area contributed by atoms with E-state index in [0.717, 1.165) is 18.1 Å². The zero-order valence-electron chi connectivity index (χ0n) is 11.4. The van der Waals surface area contributed by atoms with Crippen molar-refractivity contribution in [2.24, 2.45) is 5.84 Å². The normalized spacial score (nSPS) is 12.2. The molecule has 19 heavy (non-hydrogen) atoms. The summed E-state index contributed by atoms with van der Waals surface area (Å²) in [6.45, 7) is 4.19. The number of rotatable bonds is 5. The standard InChI is InChI=1S/C13H19N5S/c1-4-11-15-12(17-14)8-13(16-11)18(3)9(2)10-6-5-7-19-10/h5-9H,4,14H2,1-3H3,(H,15,16,17). The van der Waals surface area contributed by atoms with Gasteiger partial charge < -0.3 is 10.3 Å². The fourth-order valence-corrected chi connectivity index (χ4v) is 2.64. The van der Waals surface area contributed by atoms with E-state index >= 15 is 0 Å². The number of aryl methyl sites for hydroxylation is 1. The van der Waals surface area contributed by atoms with E-state index < -0.39 is 0 Å². The summed E-state index contributed by atoms with van der Waals surface area (Å²) in [5, 5.41) is 2.09. The Morgan fingerprint density at radius 2 is 2.26 bits per heavy atom. The summed E-state index contributed by atoms with van der Waals surface area (Å²) >= 11 is 1.75. The first kappa shape index (κ1) is 13.8. The van der Waals surface area contributed by atoms with Gasteiger partial charge >= 0.3 is 0 Å². The fraction of sp³-hybridized carbons (Fsp3) is 0.385. The van der Waals surface area contributed by atoms with E-state index in [9.17, 15) is 0 Å². The molecule has 0 radical (unpaired) electrons. The van der Waals surface area contributed by atoms with E-state index in [-0.39, 0.29) is 6.04 Å². The van der Waals surface area contributed by atoms with Crippen molar-refractivity contribution in [2.45, 2.75) is 26.3 Å². The van der Waals surface area contributed by atoms with Crippen molar-refractivity contribution < 1.29 is 0 Å². The molecule has 2 aromatic rings. The number of aromatic nitrogens is 2. The number of hydrogen-bond donors (Lipinski definition) is 2. The molecule has 0 aromatic carbocycles. The first-order chi connectivity index (χ1) is 9.15. The van der Waals surface area contributed by atoms with Crippen LogP contribution in [0.2, 0.25) is 0 Å². The summed E-state index contributed by atoms with van der Waals surface area (Å²) in [5.41, 5.74) is 2.60. The average Bonchev–Trinajstić information content (AvgIpc) is 2.99. The van der Waals surface area contributed by atoms with Gasteiger partial charge in [-0.3, -0.25) is 0 Å². The molecule has 1 unspecified atom stereocenters. The number of thiophene rings is 1. The lowest BCUT2D eigenvalue weighted by Crippen LogP contribution is -2.23. The highest BCUT2D eigenvalue weighted by atomic mass is 32.1. The van der Waals surface area contributed by atoms with E-state index in [2.05, 4.69) is 44.7 Å². The van der Waals surface area contributed by atoms with Crippen LogP contribution in [0.25, 0.3) is 0 Å². The second-order valence-corrected chi connectivity index (χ2v) is 5.31. The summed E-state index contributed by atoms with van der Waals surface area (Å²) < 4.78 is 0. The lowest BCUT2D eigenvalue weighted by Gasteiger charge is -2.25. The molecule has 0 saturated heterocycles. The molecule has 0 saturated carbocycles. The van der Waals surface area contributed by atoms with Gasteiger partial charge in [-0.15, -0.1) is 11.3 Å². The first-order valence-electron chi connectivity index (χ1n) is 6.26. The van der Waals surface area contributed by atoms with Gasteiger partial charge in [-0.05, 0) is 18.4 Å². The molecule has 6 heteroatoms. The highest BCUT2D eigenvalue weighted by Crippen LogP contribution is 2.27. The van der Waals surface area contributed by atoms with E-state index in [0.29, 0.717) is 5.82 Å².